The average Bonchev–Trinajstić information content (AvgIpc) is 2.61. The molecule has 114 valence electrons. The zero-order valence-corrected chi connectivity index (χ0v) is 14.0. The maximum absolute atomic E-state index is 12.7. The molecule has 4 nitrogen and oxygen atoms in total. The molecule has 0 atom stereocenters. The third kappa shape index (κ3) is 4.00. The van der Waals surface area contributed by atoms with Crippen LogP contribution in [0.5, 0.6) is 0 Å². The van der Waals surface area contributed by atoms with E-state index >= 15 is 0 Å². The highest BCUT2D eigenvalue weighted by atomic mass is 32.2. The molecular formula is C15H20N2O2S2. The van der Waals surface area contributed by atoms with Gasteiger partial charge in [0.05, 0.1) is 17.4 Å². The molecule has 2 rings (SSSR count). The van der Waals surface area contributed by atoms with Crippen molar-refractivity contribution in [2.24, 2.45) is 0 Å². The summed E-state index contributed by atoms with van der Waals surface area (Å²) in [6.45, 7) is 5.42. The lowest BCUT2D eigenvalue weighted by Crippen LogP contribution is -2.33. The number of benzene rings is 1. The van der Waals surface area contributed by atoms with Crippen LogP contribution in [-0.2, 0) is 16.4 Å². The molecule has 1 saturated heterocycles. The molecule has 1 aliphatic rings. The third-order valence-corrected chi connectivity index (χ3v) is 6.93. The van der Waals surface area contributed by atoms with Crippen molar-refractivity contribution in [1.29, 1.82) is 5.26 Å². The standard InChI is InChI=1S/C15H20N2O2S2/c1-15(2)8-10-17(11-12-20-15)21(18,19)14-5-3-13(4-6-14)7-9-16/h3-6H,7-8,10-12H2,1-2H3. The van der Waals surface area contributed by atoms with E-state index in [0.717, 1.165) is 17.7 Å². The Morgan fingerprint density at radius 1 is 1.29 bits per heavy atom. The molecule has 1 fully saturated rings. The van der Waals surface area contributed by atoms with Gasteiger partial charge in [-0.05, 0) is 24.1 Å². The lowest BCUT2D eigenvalue weighted by atomic mass is 10.1. The van der Waals surface area contributed by atoms with Crippen molar-refractivity contribution in [3.63, 3.8) is 0 Å². The van der Waals surface area contributed by atoms with Crippen LogP contribution in [0.2, 0.25) is 0 Å². The zero-order valence-electron chi connectivity index (χ0n) is 12.4. The van der Waals surface area contributed by atoms with E-state index in [9.17, 15) is 8.42 Å². The summed E-state index contributed by atoms with van der Waals surface area (Å²) in [5.41, 5.74) is 0.837. The fourth-order valence-corrected chi connectivity index (χ4v) is 4.92. The summed E-state index contributed by atoms with van der Waals surface area (Å²) in [6.07, 6.45) is 1.15. The van der Waals surface area contributed by atoms with Gasteiger partial charge in [0, 0.05) is 23.6 Å². The van der Waals surface area contributed by atoms with Crippen LogP contribution < -0.4 is 0 Å². The molecule has 1 heterocycles. The number of rotatable bonds is 3. The van der Waals surface area contributed by atoms with Crippen molar-refractivity contribution >= 4 is 21.8 Å². The predicted octanol–water partition coefficient (Wildman–Crippen LogP) is 2.66. The summed E-state index contributed by atoms with van der Waals surface area (Å²) in [5.74, 6) is 0.818. The van der Waals surface area contributed by atoms with Gasteiger partial charge in [-0.25, -0.2) is 8.42 Å². The fraction of sp³-hybridized carbons (Fsp3) is 0.533. The quantitative estimate of drug-likeness (QED) is 0.857. The fourth-order valence-electron chi connectivity index (χ4n) is 2.26. The first kappa shape index (κ1) is 16.3. The Kier molecular flexibility index (Phi) is 4.97. The second kappa shape index (κ2) is 6.39. The number of nitriles is 1. The van der Waals surface area contributed by atoms with Crippen LogP contribution in [0.15, 0.2) is 29.2 Å². The van der Waals surface area contributed by atoms with Crippen molar-refractivity contribution in [1.82, 2.24) is 4.31 Å². The van der Waals surface area contributed by atoms with Crippen LogP contribution >= 0.6 is 11.8 Å². The Balaban J connectivity index is 2.19. The van der Waals surface area contributed by atoms with E-state index in [-0.39, 0.29) is 4.75 Å². The van der Waals surface area contributed by atoms with E-state index in [4.69, 9.17) is 5.26 Å². The Labute approximate surface area is 131 Å². The summed E-state index contributed by atoms with van der Waals surface area (Å²) in [4.78, 5) is 0.314. The summed E-state index contributed by atoms with van der Waals surface area (Å²) in [5, 5.41) is 8.65. The Bertz CT molecular complexity index is 631. The van der Waals surface area contributed by atoms with Gasteiger partial charge in [0.25, 0.3) is 0 Å². The summed E-state index contributed by atoms with van der Waals surface area (Å²) in [7, 11) is -3.43. The summed E-state index contributed by atoms with van der Waals surface area (Å²) in [6, 6.07) is 8.69. The van der Waals surface area contributed by atoms with Gasteiger partial charge in [0.15, 0.2) is 0 Å². The van der Waals surface area contributed by atoms with Gasteiger partial charge in [-0.2, -0.15) is 21.3 Å². The largest absolute Gasteiger partial charge is 0.243 e. The first-order chi connectivity index (χ1) is 9.85. The minimum absolute atomic E-state index is 0.126. The number of nitrogens with zero attached hydrogens (tertiary/aromatic N) is 2. The maximum Gasteiger partial charge on any atom is 0.243 e. The molecule has 6 heteroatoms. The Hall–Kier alpha value is -1.03. The molecule has 1 aromatic rings. The van der Waals surface area contributed by atoms with E-state index in [0.29, 0.717) is 24.4 Å². The molecule has 1 aromatic carbocycles. The van der Waals surface area contributed by atoms with Gasteiger partial charge in [0.2, 0.25) is 10.0 Å². The van der Waals surface area contributed by atoms with Crippen LogP contribution in [0.4, 0.5) is 0 Å². The van der Waals surface area contributed by atoms with Crippen molar-refractivity contribution < 1.29 is 8.42 Å². The van der Waals surface area contributed by atoms with Gasteiger partial charge in [-0.1, -0.05) is 26.0 Å². The Morgan fingerprint density at radius 2 is 1.95 bits per heavy atom. The van der Waals surface area contributed by atoms with E-state index in [2.05, 4.69) is 19.9 Å². The molecule has 0 radical (unpaired) electrons. The second-order valence-corrected chi connectivity index (χ2v) is 9.48. The van der Waals surface area contributed by atoms with Gasteiger partial charge in [-0.3, -0.25) is 0 Å². The molecule has 21 heavy (non-hydrogen) atoms. The third-order valence-electron chi connectivity index (χ3n) is 3.64. The molecule has 0 saturated carbocycles. The van der Waals surface area contributed by atoms with Gasteiger partial charge in [0.1, 0.15) is 0 Å². The molecule has 0 amide bonds. The smallest absolute Gasteiger partial charge is 0.207 e. The normalized spacial score (nSPS) is 19.7. The molecular weight excluding hydrogens is 304 g/mol. The topological polar surface area (TPSA) is 61.2 Å². The van der Waals surface area contributed by atoms with Crippen molar-refractivity contribution in [2.75, 3.05) is 18.8 Å². The van der Waals surface area contributed by atoms with Gasteiger partial charge in [-0.15, -0.1) is 0 Å². The SMILES string of the molecule is CC1(C)CCN(S(=O)(=O)c2ccc(CC#N)cc2)CCS1. The van der Waals surface area contributed by atoms with Crippen molar-refractivity contribution in [3.05, 3.63) is 29.8 Å². The first-order valence-corrected chi connectivity index (χ1v) is 9.38. The van der Waals surface area contributed by atoms with Crippen LogP contribution in [0.3, 0.4) is 0 Å². The van der Waals surface area contributed by atoms with Crippen molar-refractivity contribution in [3.8, 4) is 6.07 Å². The highest BCUT2D eigenvalue weighted by Gasteiger charge is 2.30. The van der Waals surface area contributed by atoms with Crippen LogP contribution in [0.1, 0.15) is 25.8 Å². The van der Waals surface area contributed by atoms with Crippen molar-refractivity contribution in [2.45, 2.75) is 36.3 Å². The van der Waals surface area contributed by atoms with Gasteiger partial charge >= 0.3 is 0 Å². The number of hydrogen-bond donors (Lipinski definition) is 0. The van der Waals surface area contributed by atoms with Gasteiger partial charge < -0.3 is 0 Å². The lowest BCUT2D eigenvalue weighted by Gasteiger charge is -2.22. The molecule has 0 N–H and O–H groups in total. The van der Waals surface area contributed by atoms with E-state index in [1.807, 2.05) is 11.8 Å². The molecule has 1 aliphatic heterocycles. The monoisotopic (exact) mass is 324 g/mol. The number of thioether (sulfide) groups is 1. The average molecular weight is 324 g/mol. The Morgan fingerprint density at radius 3 is 2.57 bits per heavy atom. The van der Waals surface area contributed by atoms with E-state index < -0.39 is 10.0 Å². The summed E-state index contributed by atoms with van der Waals surface area (Å²) < 4.78 is 27.0. The first-order valence-electron chi connectivity index (χ1n) is 6.95. The summed E-state index contributed by atoms with van der Waals surface area (Å²) >= 11 is 1.82. The molecule has 0 bridgehead atoms. The minimum Gasteiger partial charge on any atom is -0.207 e. The molecule has 0 aromatic heterocycles. The minimum atomic E-state index is -3.43. The number of hydrogen-bond acceptors (Lipinski definition) is 4. The maximum atomic E-state index is 12.7. The zero-order chi connectivity index (χ0) is 15.5. The van der Waals surface area contributed by atoms with Crippen LogP contribution in [-0.4, -0.2) is 36.3 Å². The highest BCUT2D eigenvalue weighted by Crippen LogP contribution is 2.32. The predicted molar refractivity (Wildman–Crippen MR) is 85.7 cm³/mol. The second-order valence-electron chi connectivity index (χ2n) is 5.74. The lowest BCUT2D eigenvalue weighted by molar-refractivity contribution is 0.415. The molecule has 0 aliphatic carbocycles. The molecule has 0 unspecified atom stereocenters. The highest BCUT2D eigenvalue weighted by molar-refractivity contribution is 8.00. The van der Waals surface area contributed by atoms with Crippen LogP contribution in [0.25, 0.3) is 0 Å². The number of sulfonamides is 1. The van der Waals surface area contributed by atoms with E-state index in [1.165, 1.54) is 0 Å². The molecule has 0 spiro atoms. The van der Waals surface area contributed by atoms with E-state index in [1.54, 1.807) is 28.6 Å². The van der Waals surface area contributed by atoms with Crippen LogP contribution in [0, 0.1) is 11.3 Å².